The van der Waals surface area contributed by atoms with Gasteiger partial charge < -0.3 is 20.0 Å². The Morgan fingerprint density at radius 3 is 2.81 bits per heavy atom. The van der Waals surface area contributed by atoms with E-state index < -0.39 is 10.0 Å². The average molecular weight is 398 g/mol. The molecule has 0 saturated carbocycles. The summed E-state index contributed by atoms with van der Waals surface area (Å²) in [7, 11) is -2.44. The number of nitrogens with zero attached hydrogens (tertiary/aromatic N) is 1. The Morgan fingerprint density at radius 2 is 2.11 bits per heavy atom. The van der Waals surface area contributed by atoms with Crippen molar-refractivity contribution in [2.75, 3.05) is 33.2 Å². The largest absolute Gasteiger partial charge is 0.438 e. The number of furan rings is 1. The second-order valence-electron chi connectivity index (χ2n) is 6.98. The van der Waals surface area contributed by atoms with Gasteiger partial charge in [0.2, 0.25) is 11.0 Å². The first-order chi connectivity index (χ1) is 12.9. The number of hydrogen-bond acceptors (Lipinski definition) is 6. The van der Waals surface area contributed by atoms with Crippen LogP contribution in [0.2, 0.25) is 0 Å². The molecule has 3 heterocycles. The van der Waals surface area contributed by atoms with E-state index in [0.29, 0.717) is 19.6 Å². The van der Waals surface area contributed by atoms with Crippen LogP contribution in [0.15, 0.2) is 21.6 Å². The van der Waals surface area contributed by atoms with E-state index in [2.05, 4.69) is 15.4 Å². The van der Waals surface area contributed by atoms with Gasteiger partial charge in [-0.1, -0.05) is 0 Å². The fourth-order valence-corrected chi connectivity index (χ4v) is 4.18. The number of nitrogens with one attached hydrogen (secondary N) is 3. The van der Waals surface area contributed by atoms with Gasteiger partial charge >= 0.3 is 0 Å². The van der Waals surface area contributed by atoms with Crippen LogP contribution in [0.25, 0.3) is 0 Å². The standard InChI is InChI=1S/C17H26N4O5S/c1-18-27(24,25)15-7-6-14(26-15)17(23)21-9-3-4-12(11-21)10-20-16(22)13-5-2-8-19-13/h6-7,12-13,18-19H,2-5,8-11H2,1H3,(H,20,22). The third kappa shape index (κ3) is 4.69. The van der Waals surface area contributed by atoms with E-state index in [1.807, 2.05) is 0 Å². The third-order valence-electron chi connectivity index (χ3n) is 5.07. The van der Waals surface area contributed by atoms with Gasteiger partial charge in [0.15, 0.2) is 5.76 Å². The first-order valence-corrected chi connectivity index (χ1v) is 10.7. The molecular formula is C17H26N4O5S. The number of carbonyl (C=O) groups is 2. The van der Waals surface area contributed by atoms with Crippen LogP contribution in [0, 0.1) is 5.92 Å². The zero-order valence-corrected chi connectivity index (χ0v) is 16.2. The summed E-state index contributed by atoms with van der Waals surface area (Å²) in [4.78, 5) is 26.4. The van der Waals surface area contributed by atoms with Crippen LogP contribution in [-0.2, 0) is 14.8 Å². The van der Waals surface area contributed by atoms with Crippen molar-refractivity contribution in [3.8, 4) is 0 Å². The monoisotopic (exact) mass is 398 g/mol. The summed E-state index contributed by atoms with van der Waals surface area (Å²) < 4.78 is 30.9. The number of hydrogen-bond donors (Lipinski definition) is 3. The molecule has 3 rings (SSSR count). The molecule has 2 aliphatic heterocycles. The lowest BCUT2D eigenvalue weighted by molar-refractivity contribution is -0.123. The zero-order valence-electron chi connectivity index (χ0n) is 15.4. The van der Waals surface area contributed by atoms with E-state index in [4.69, 9.17) is 4.42 Å². The summed E-state index contributed by atoms with van der Waals surface area (Å²) in [5, 5.41) is 5.86. The van der Waals surface area contributed by atoms with Crippen LogP contribution in [0.5, 0.6) is 0 Å². The molecule has 2 amide bonds. The second kappa shape index (κ2) is 8.41. The minimum atomic E-state index is -3.72. The molecule has 0 bridgehead atoms. The zero-order chi connectivity index (χ0) is 19.4. The molecule has 2 fully saturated rings. The predicted molar refractivity (Wildman–Crippen MR) is 97.6 cm³/mol. The van der Waals surface area contributed by atoms with E-state index in [0.717, 1.165) is 32.2 Å². The van der Waals surface area contributed by atoms with Crippen molar-refractivity contribution in [2.45, 2.75) is 36.8 Å². The highest BCUT2D eigenvalue weighted by Crippen LogP contribution is 2.21. The molecule has 10 heteroatoms. The normalized spacial score (nSPS) is 23.4. The molecule has 0 radical (unpaired) electrons. The van der Waals surface area contributed by atoms with Gasteiger partial charge in [0.25, 0.3) is 15.9 Å². The summed E-state index contributed by atoms with van der Waals surface area (Å²) in [6.45, 7) is 2.49. The molecule has 0 aromatic carbocycles. The SMILES string of the molecule is CNS(=O)(=O)c1ccc(C(=O)N2CCCC(CNC(=O)C3CCCN3)C2)o1. The lowest BCUT2D eigenvalue weighted by Gasteiger charge is -2.32. The molecule has 0 spiro atoms. The molecule has 9 nitrogen and oxygen atoms in total. The van der Waals surface area contributed by atoms with Crippen molar-refractivity contribution in [1.82, 2.24) is 20.3 Å². The molecule has 0 aliphatic carbocycles. The smallest absolute Gasteiger partial charge is 0.289 e. The molecule has 150 valence electrons. The van der Waals surface area contributed by atoms with Crippen molar-refractivity contribution in [3.63, 3.8) is 0 Å². The fraction of sp³-hybridized carbons (Fsp3) is 0.647. The Balaban J connectivity index is 1.55. The van der Waals surface area contributed by atoms with Gasteiger partial charge in [-0.15, -0.1) is 0 Å². The molecule has 1 aromatic heterocycles. The van der Waals surface area contributed by atoms with Crippen molar-refractivity contribution in [1.29, 1.82) is 0 Å². The van der Waals surface area contributed by atoms with Gasteiger partial charge in [0.1, 0.15) is 0 Å². The van der Waals surface area contributed by atoms with Gasteiger partial charge in [-0.05, 0) is 57.3 Å². The lowest BCUT2D eigenvalue weighted by Crippen LogP contribution is -2.46. The minimum absolute atomic E-state index is 0.00339. The molecule has 2 aliphatic rings. The molecule has 2 saturated heterocycles. The Kier molecular flexibility index (Phi) is 6.18. The predicted octanol–water partition coefficient (Wildman–Crippen LogP) is -0.0919. The van der Waals surface area contributed by atoms with Gasteiger partial charge in [0.05, 0.1) is 6.04 Å². The van der Waals surface area contributed by atoms with Crippen LogP contribution < -0.4 is 15.4 Å². The van der Waals surface area contributed by atoms with Crippen LogP contribution >= 0.6 is 0 Å². The first kappa shape index (κ1) is 19.8. The fourth-order valence-electron chi connectivity index (χ4n) is 3.53. The summed E-state index contributed by atoms with van der Waals surface area (Å²) in [6, 6.07) is 2.54. The molecule has 3 N–H and O–H groups in total. The molecular weight excluding hydrogens is 372 g/mol. The van der Waals surface area contributed by atoms with E-state index >= 15 is 0 Å². The van der Waals surface area contributed by atoms with Crippen LogP contribution in [-0.4, -0.2) is 64.4 Å². The molecule has 2 atom stereocenters. The highest BCUT2D eigenvalue weighted by Gasteiger charge is 2.29. The van der Waals surface area contributed by atoms with E-state index in [1.165, 1.54) is 19.2 Å². The molecule has 27 heavy (non-hydrogen) atoms. The second-order valence-corrected chi connectivity index (χ2v) is 8.80. The lowest BCUT2D eigenvalue weighted by atomic mass is 9.97. The Labute approximate surface area is 158 Å². The third-order valence-corrected chi connectivity index (χ3v) is 6.36. The van der Waals surface area contributed by atoms with Crippen molar-refractivity contribution < 1.29 is 22.4 Å². The number of rotatable bonds is 6. The maximum atomic E-state index is 12.6. The summed E-state index contributed by atoms with van der Waals surface area (Å²) in [5.74, 6) is -0.142. The van der Waals surface area contributed by atoms with E-state index in [9.17, 15) is 18.0 Å². The van der Waals surface area contributed by atoms with Crippen molar-refractivity contribution in [2.24, 2.45) is 5.92 Å². The van der Waals surface area contributed by atoms with Crippen LogP contribution in [0.4, 0.5) is 0 Å². The maximum absolute atomic E-state index is 12.6. The summed E-state index contributed by atoms with van der Waals surface area (Å²) in [5.41, 5.74) is 0. The van der Waals surface area contributed by atoms with Gasteiger partial charge in [-0.25, -0.2) is 13.1 Å². The van der Waals surface area contributed by atoms with Crippen molar-refractivity contribution >= 4 is 21.8 Å². The summed E-state index contributed by atoms with van der Waals surface area (Å²) in [6.07, 6.45) is 3.63. The maximum Gasteiger partial charge on any atom is 0.289 e. The number of likely N-dealkylation sites (tertiary alicyclic amines) is 1. The number of piperidine rings is 1. The average Bonchev–Trinajstić information content (AvgIpc) is 3.38. The van der Waals surface area contributed by atoms with Crippen molar-refractivity contribution in [3.05, 3.63) is 17.9 Å². The molecule has 1 aromatic rings. The van der Waals surface area contributed by atoms with E-state index in [-0.39, 0.29) is 34.6 Å². The number of carbonyl (C=O) groups excluding carboxylic acids is 2. The molecule has 2 unspecified atom stereocenters. The highest BCUT2D eigenvalue weighted by atomic mass is 32.2. The Hall–Kier alpha value is -1.91. The first-order valence-electron chi connectivity index (χ1n) is 9.24. The van der Waals surface area contributed by atoms with Gasteiger partial charge in [-0.3, -0.25) is 9.59 Å². The Bertz CT molecular complexity index is 785. The van der Waals surface area contributed by atoms with Crippen LogP contribution in [0.3, 0.4) is 0 Å². The number of amides is 2. The van der Waals surface area contributed by atoms with Crippen LogP contribution in [0.1, 0.15) is 36.2 Å². The quantitative estimate of drug-likeness (QED) is 0.616. The topological polar surface area (TPSA) is 121 Å². The van der Waals surface area contributed by atoms with Gasteiger partial charge in [0, 0.05) is 19.6 Å². The van der Waals surface area contributed by atoms with Gasteiger partial charge in [-0.2, -0.15) is 0 Å². The summed E-state index contributed by atoms with van der Waals surface area (Å²) >= 11 is 0. The van der Waals surface area contributed by atoms with E-state index in [1.54, 1.807) is 4.90 Å². The Morgan fingerprint density at radius 1 is 1.30 bits per heavy atom. The number of sulfonamides is 1. The highest BCUT2D eigenvalue weighted by molar-refractivity contribution is 7.89. The minimum Gasteiger partial charge on any atom is -0.438 e.